The Kier molecular flexibility index (Phi) is 8.40. The molecule has 3 aliphatic heterocycles. The number of fused-ring (bicyclic) bond motifs is 2. The highest BCUT2D eigenvalue weighted by Gasteiger charge is 2.41. The van der Waals surface area contributed by atoms with Crippen LogP contribution >= 0.6 is 0 Å². The Hall–Kier alpha value is -3.61. The average Bonchev–Trinajstić information content (AvgIpc) is 3.38. The molecule has 0 saturated carbocycles. The molecule has 214 valence electrons. The van der Waals surface area contributed by atoms with E-state index in [-0.39, 0.29) is 23.3 Å². The molecule has 1 spiro atoms. The van der Waals surface area contributed by atoms with Gasteiger partial charge in [-0.2, -0.15) is 0 Å². The Morgan fingerprint density at radius 3 is 2.54 bits per heavy atom. The van der Waals surface area contributed by atoms with Crippen molar-refractivity contribution in [3.63, 3.8) is 0 Å². The van der Waals surface area contributed by atoms with Crippen LogP contribution in [0.1, 0.15) is 42.4 Å². The second-order valence-corrected chi connectivity index (χ2v) is 11.9. The quantitative estimate of drug-likeness (QED) is 0.370. The summed E-state index contributed by atoms with van der Waals surface area (Å²) in [6.45, 7) is 5.69. The van der Waals surface area contributed by atoms with Gasteiger partial charge in [-0.1, -0.05) is 60.7 Å². The van der Waals surface area contributed by atoms with Crippen LogP contribution in [0.25, 0.3) is 6.08 Å². The number of amides is 1. The van der Waals surface area contributed by atoms with Crippen molar-refractivity contribution in [3.05, 3.63) is 102 Å². The lowest BCUT2D eigenvalue weighted by Crippen LogP contribution is -2.48. The van der Waals surface area contributed by atoms with Crippen LogP contribution in [0.5, 0.6) is 5.75 Å². The van der Waals surface area contributed by atoms with Gasteiger partial charge in [0.05, 0.1) is 6.10 Å². The number of nitrogens with zero attached hydrogens (tertiary/aromatic N) is 2. The lowest BCUT2D eigenvalue weighted by atomic mass is 9.74. The van der Waals surface area contributed by atoms with Crippen LogP contribution < -0.4 is 10.1 Å². The molecule has 1 atom stereocenters. The maximum atomic E-state index is 12.9. The van der Waals surface area contributed by atoms with Crippen molar-refractivity contribution in [2.24, 2.45) is 5.92 Å². The minimum atomic E-state index is -0.343. The molecular formula is C35H41N3O3. The van der Waals surface area contributed by atoms with Crippen molar-refractivity contribution < 1.29 is 14.6 Å². The standard InChI is InChI=1S/C35H41N3O3/c39-33(24-37-21-17-35(18-22-37)26-36-32-12-5-4-11-31(32)35)29-15-19-38(20-16-29)34(40)14-13-27-9-6-10-30(23-27)41-25-28-7-2-1-3-8-28/h1-14,23,29,33,36,39H,15-22,24-26H2. The third-order valence-electron chi connectivity index (χ3n) is 9.29. The number of nitrogens with one attached hydrogen (secondary N) is 1. The van der Waals surface area contributed by atoms with Gasteiger partial charge in [0.1, 0.15) is 12.4 Å². The van der Waals surface area contributed by atoms with Crippen LogP contribution in [0.15, 0.2) is 84.9 Å². The van der Waals surface area contributed by atoms with Crippen LogP contribution in [0.3, 0.4) is 0 Å². The number of carbonyl (C=O) groups is 1. The molecule has 6 heteroatoms. The molecule has 1 unspecified atom stereocenters. The van der Waals surface area contributed by atoms with Crippen LogP contribution in [0.2, 0.25) is 0 Å². The Bertz CT molecular complexity index is 1340. The van der Waals surface area contributed by atoms with E-state index in [0.29, 0.717) is 19.7 Å². The Balaban J connectivity index is 0.939. The summed E-state index contributed by atoms with van der Waals surface area (Å²) >= 11 is 0. The number of aliphatic hydroxyl groups excluding tert-OH is 1. The van der Waals surface area contributed by atoms with Gasteiger partial charge in [0.15, 0.2) is 0 Å². The van der Waals surface area contributed by atoms with E-state index in [9.17, 15) is 9.90 Å². The Labute approximate surface area is 243 Å². The van der Waals surface area contributed by atoms with Gasteiger partial charge in [0.2, 0.25) is 5.91 Å². The summed E-state index contributed by atoms with van der Waals surface area (Å²) in [4.78, 5) is 17.2. The molecule has 3 aromatic rings. The number of ether oxygens (including phenoxy) is 1. The molecule has 0 radical (unpaired) electrons. The van der Waals surface area contributed by atoms with Gasteiger partial charge >= 0.3 is 0 Å². The number of piperidine rings is 2. The summed E-state index contributed by atoms with van der Waals surface area (Å²) in [5, 5.41) is 14.7. The van der Waals surface area contributed by atoms with Gasteiger partial charge in [-0.25, -0.2) is 0 Å². The lowest BCUT2D eigenvalue weighted by Gasteiger charge is -2.41. The van der Waals surface area contributed by atoms with Crippen molar-refractivity contribution in [3.8, 4) is 5.75 Å². The van der Waals surface area contributed by atoms with Crippen LogP contribution in [-0.2, 0) is 16.8 Å². The van der Waals surface area contributed by atoms with Crippen molar-refractivity contribution in [2.75, 3.05) is 44.6 Å². The molecule has 1 amide bonds. The maximum absolute atomic E-state index is 12.9. The molecular weight excluding hydrogens is 510 g/mol. The zero-order chi connectivity index (χ0) is 28.1. The second-order valence-electron chi connectivity index (χ2n) is 11.9. The second kappa shape index (κ2) is 12.5. The van der Waals surface area contributed by atoms with E-state index in [1.807, 2.05) is 65.6 Å². The minimum absolute atomic E-state index is 0.0281. The van der Waals surface area contributed by atoms with Gasteiger partial charge in [0, 0.05) is 43.4 Å². The lowest BCUT2D eigenvalue weighted by molar-refractivity contribution is -0.128. The van der Waals surface area contributed by atoms with Crippen molar-refractivity contribution in [2.45, 2.75) is 43.8 Å². The van der Waals surface area contributed by atoms with Gasteiger partial charge in [-0.15, -0.1) is 0 Å². The van der Waals surface area contributed by atoms with Gasteiger partial charge in [-0.05, 0) is 85.7 Å². The van der Waals surface area contributed by atoms with E-state index in [2.05, 4.69) is 34.5 Å². The molecule has 0 aromatic heterocycles. The van der Waals surface area contributed by atoms with E-state index >= 15 is 0 Å². The summed E-state index contributed by atoms with van der Waals surface area (Å²) in [5.74, 6) is 1.05. The first-order chi connectivity index (χ1) is 20.1. The number of rotatable bonds is 8. The highest BCUT2D eigenvalue weighted by atomic mass is 16.5. The van der Waals surface area contributed by atoms with Crippen LogP contribution in [0.4, 0.5) is 5.69 Å². The SMILES string of the molecule is O=C(C=Cc1cccc(OCc2ccccc2)c1)N1CCC(C(O)CN2CCC3(CC2)CNc2ccccc23)CC1. The largest absolute Gasteiger partial charge is 0.489 e. The molecule has 41 heavy (non-hydrogen) atoms. The van der Waals surface area contributed by atoms with Crippen LogP contribution in [-0.4, -0.2) is 66.2 Å². The zero-order valence-corrected chi connectivity index (χ0v) is 23.8. The van der Waals surface area contributed by atoms with E-state index < -0.39 is 0 Å². The predicted molar refractivity (Wildman–Crippen MR) is 164 cm³/mol. The van der Waals surface area contributed by atoms with Crippen molar-refractivity contribution in [1.82, 2.24) is 9.80 Å². The summed E-state index contributed by atoms with van der Waals surface area (Å²) in [7, 11) is 0. The third-order valence-corrected chi connectivity index (χ3v) is 9.29. The molecule has 6 rings (SSSR count). The minimum Gasteiger partial charge on any atom is -0.489 e. The number of hydrogen-bond donors (Lipinski definition) is 2. The molecule has 6 nitrogen and oxygen atoms in total. The monoisotopic (exact) mass is 551 g/mol. The number of aliphatic hydroxyl groups is 1. The van der Waals surface area contributed by atoms with Gasteiger partial charge in [0.25, 0.3) is 0 Å². The van der Waals surface area contributed by atoms with E-state index in [4.69, 9.17) is 4.74 Å². The summed E-state index contributed by atoms with van der Waals surface area (Å²) in [6, 6.07) is 26.6. The predicted octanol–water partition coefficient (Wildman–Crippen LogP) is 5.34. The number of likely N-dealkylation sites (tertiary alicyclic amines) is 2. The number of para-hydroxylation sites is 1. The molecule has 3 heterocycles. The number of benzene rings is 3. The molecule has 0 aliphatic carbocycles. The van der Waals surface area contributed by atoms with Crippen molar-refractivity contribution >= 4 is 17.7 Å². The first kappa shape index (κ1) is 27.6. The fourth-order valence-electron chi connectivity index (χ4n) is 6.71. The molecule has 3 aromatic carbocycles. The number of carbonyl (C=O) groups excluding carboxylic acids is 1. The Morgan fingerprint density at radius 1 is 0.976 bits per heavy atom. The zero-order valence-electron chi connectivity index (χ0n) is 23.8. The summed E-state index contributed by atoms with van der Waals surface area (Å²) < 4.78 is 5.92. The molecule has 2 saturated heterocycles. The topological polar surface area (TPSA) is 65.0 Å². The van der Waals surface area contributed by atoms with Gasteiger partial charge in [-0.3, -0.25) is 4.79 Å². The first-order valence-corrected chi connectivity index (χ1v) is 15.1. The number of anilines is 1. The molecule has 3 aliphatic rings. The van der Waals surface area contributed by atoms with Crippen LogP contribution in [0, 0.1) is 5.92 Å². The van der Waals surface area contributed by atoms with Gasteiger partial charge < -0.3 is 25.0 Å². The van der Waals surface area contributed by atoms with E-state index in [0.717, 1.165) is 68.7 Å². The van der Waals surface area contributed by atoms with E-state index in [1.165, 1.54) is 11.3 Å². The fourth-order valence-corrected chi connectivity index (χ4v) is 6.71. The molecule has 0 bridgehead atoms. The fraction of sp³-hybridized carbons (Fsp3) is 0.400. The van der Waals surface area contributed by atoms with Crippen molar-refractivity contribution in [1.29, 1.82) is 0 Å². The molecule has 2 N–H and O–H groups in total. The van der Waals surface area contributed by atoms with E-state index in [1.54, 1.807) is 6.08 Å². The highest BCUT2D eigenvalue weighted by Crippen LogP contribution is 2.43. The summed E-state index contributed by atoms with van der Waals surface area (Å²) in [6.07, 6.45) is 7.13. The number of hydrogen-bond acceptors (Lipinski definition) is 5. The maximum Gasteiger partial charge on any atom is 0.246 e. The Morgan fingerprint density at radius 2 is 1.73 bits per heavy atom. The smallest absolute Gasteiger partial charge is 0.246 e. The highest BCUT2D eigenvalue weighted by molar-refractivity contribution is 5.91. The summed E-state index contributed by atoms with van der Waals surface area (Å²) in [5.41, 5.74) is 5.06. The third kappa shape index (κ3) is 6.50. The molecule has 2 fully saturated rings. The first-order valence-electron chi connectivity index (χ1n) is 15.1. The normalized spacial score (nSPS) is 19.7. The average molecular weight is 552 g/mol. The number of β-amino-alcohol motifs (C(OH)–C–C–N with tert-alkyl or cyclic N) is 1.